The van der Waals surface area contributed by atoms with Crippen LogP contribution in [0.1, 0.15) is 19.3 Å². The van der Waals surface area contributed by atoms with Gasteiger partial charge in [0.05, 0.1) is 6.61 Å². The summed E-state index contributed by atoms with van der Waals surface area (Å²) in [5.41, 5.74) is 5.40. The molecule has 1 saturated carbocycles. The molecule has 1 aromatic heterocycles. The molecule has 0 aliphatic heterocycles. The van der Waals surface area contributed by atoms with Crippen LogP contribution >= 0.6 is 11.3 Å². The molecule has 0 aromatic carbocycles. The summed E-state index contributed by atoms with van der Waals surface area (Å²) in [6.07, 6.45) is 3.91. The maximum atomic E-state index is 5.40. The molecular formula is C7H11N3OS. The fraction of sp³-hybridized carbons (Fsp3) is 0.714. The fourth-order valence-corrected chi connectivity index (χ4v) is 1.60. The summed E-state index contributed by atoms with van der Waals surface area (Å²) in [4.78, 5) is 0. The third kappa shape index (κ3) is 1.66. The van der Waals surface area contributed by atoms with E-state index < -0.39 is 0 Å². The van der Waals surface area contributed by atoms with Crippen LogP contribution in [0, 0.1) is 5.92 Å². The summed E-state index contributed by atoms with van der Waals surface area (Å²) >= 11 is 1.30. The van der Waals surface area contributed by atoms with E-state index in [1.807, 2.05) is 0 Å². The smallest absolute Gasteiger partial charge is 0.295 e. The summed E-state index contributed by atoms with van der Waals surface area (Å²) in [5.74, 6) is 0.732. The first-order chi connectivity index (χ1) is 5.84. The highest BCUT2D eigenvalue weighted by Crippen LogP contribution is 2.28. The van der Waals surface area contributed by atoms with E-state index in [1.165, 1.54) is 30.6 Å². The summed E-state index contributed by atoms with van der Waals surface area (Å²) in [7, 11) is 0. The lowest BCUT2D eigenvalue weighted by Crippen LogP contribution is -2.19. The predicted octanol–water partition coefficient (Wildman–Crippen LogP) is 1.30. The van der Waals surface area contributed by atoms with Gasteiger partial charge in [0.1, 0.15) is 0 Å². The zero-order valence-electron chi connectivity index (χ0n) is 6.69. The third-order valence-corrected chi connectivity index (χ3v) is 2.75. The second-order valence-corrected chi connectivity index (χ2v) is 3.99. The van der Waals surface area contributed by atoms with E-state index >= 15 is 0 Å². The highest BCUT2D eigenvalue weighted by Gasteiger charge is 2.18. The van der Waals surface area contributed by atoms with E-state index in [-0.39, 0.29) is 0 Å². The summed E-state index contributed by atoms with van der Waals surface area (Å²) in [6.45, 7) is 0.772. The molecular weight excluding hydrogens is 174 g/mol. The van der Waals surface area contributed by atoms with Gasteiger partial charge in [-0.3, -0.25) is 0 Å². The van der Waals surface area contributed by atoms with Gasteiger partial charge in [-0.2, -0.15) is 0 Å². The fourth-order valence-electron chi connectivity index (χ4n) is 1.13. The van der Waals surface area contributed by atoms with Crippen LogP contribution in [0.15, 0.2) is 0 Å². The molecule has 0 saturated heterocycles. The molecule has 1 fully saturated rings. The van der Waals surface area contributed by atoms with Crippen LogP contribution < -0.4 is 10.5 Å². The monoisotopic (exact) mass is 185 g/mol. The van der Waals surface area contributed by atoms with Crippen LogP contribution in [-0.2, 0) is 0 Å². The number of hydrogen-bond donors (Lipinski definition) is 1. The summed E-state index contributed by atoms with van der Waals surface area (Å²) < 4.78 is 5.40. The Labute approximate surface area is 74.8 Å². The molecule has 1 heterocycles. The van der Waals surface area contributed by atoms with Crippen molar-refractivity contribution in [3.05, 3.63) is 0 Å². The number of nitrogens with two attached hydrogens (primary N) is 1. The van der Waals surface area contributed by atoms with Crippen molar-refractivity contribution in [2.45, 2.75) is 19.3 Å². The first kappa shape index (κ1) is 7.79. The minimum absolute atomic E-state index is 0.471. The molecule has 0 atom stereocenters. The van der Waals surface area contributed by atoms with Gasteiger partial charge in [0.2, 0.25) is 5.13 Å². The Hall–Kier alpha value is -0.840. The maximum absolute atomic E-state index is 5.40. The lowest BCUT2D eigenvalue weighted by atomic mass is 9.86. The van der Waals surface area contributed by atoms with Gasteiger partial charge in [0, 0.05) is 0 Å². The van der Waals surface area contributed by atoms with Gasteiger partial charge in [0.15, 0.2) is 0 Å². The normalized spacial score (nSPS) is 17.3. The van der Waals surface area contributed by atoms with Gasteiger partial charge in [-0.15, -0.1) is 5.10 Å². The van der Waals surface area contributed by atoms with Gasteiger partial charge in [-0.25, -0.2) is 0 Å². The van der Waals surface area contributed by atoms with E-state index in [9.17, 15) is 0 Å². The van der Waals surface area contributed by atoms with Crippen molar-refractivity contribution in [1.82, 2.24) is 10.2 Å². The molecule has 5 heteroatoms. The third-order valence-electron chi connectivity index (χ3n) is 2.09. The van der Waals surface area contributed by atoms with E-state index in [2.05, 4.69) is 10.2 Å². The summed E-state index contributed by atoms with van der Waals surface area (Å²) in [6, 6.07) is 0. The second kappa shape index (κ2) is 3.26. The molecule has 1 aliphatic carbocycles. The molecule has 0 radical (unpaired) electrons. The quantitative estimate of drug-likeness (QED) is 0.771. The highest BCUT2D eigenvalue weighted by molar-refractivity contribution is 7.16. The molecule has 4 nitrogen and oxygen atoms in total. The van der Waals surface area contributed by atoms with Crippen LogP contribution in [0.5, 0.6) is 5.19 Å². The second-order valence-electron chi connectivity index (χ2n) is 3.01. The highest BCUT2D eigenvalue weighted by atomic mass is 32.1. The van der Waals surface area contributed by atoms with Crippen LogP contribution in [0.25, 0.3) is 0 Å². The lowest BCUT2D eigenvalue weighted by Gasteiger charge is -2.24. The predicted molar refractivity (Wildman–Crippen MR) is 47.2 cm³/mol. The molecule has 0 bridgehead atoms. The van der Waals surface area contributed by atoms with Crippen LogP contribution in [0.3, 0.4) is 0 Å². The molecule has 1 aliphatic rings. The number of anilines is 1. The lowest BCUT2D eigenvalue weighted by molar-refractivity contribution is 0.179. The average Bonchev–Trinajstić information content (AvgIpc) is 2.32. The number of nitrogen functional groups attached to an aromatic ring is 1. The van der Waals surface area contributed by atoms with Gasteiger partial charge in [-0.1, -0.05) is 11.5 Å². The SMILES string of the molecule is Nc1nnc(OCC2CCC2)s1. The molecule has 2 rings (SSSR count). The van der Waals surface area contributed by atoms with Gasteiger partial charge >= 0.3 is 0 Å². The minimum atomic E-state index is 0.471. The first-order valence-electron chi connectivity index (χ1n) is 4.06. The molecule has 0 spiro atoms. The van der Waals surface area contributed by atoms with E-state index in [0.29, 0.717) is 10.3 Å². The maximum Gasteiger partial charge on any atom is 0.295 e. The number of ether oxygens (including phenoxy) is 1. The van der Waals surface area contributed by atoms with Crippen LogP contribution in [-0.4, -0.2) is 16.8 Å². The Bertz CT molecular complexity index is 259. The van der Waals surface area contributed by atoms with E-state index in [1.54, 1.807) is 0 Å². The first-order valence-corrected chi connectivity index (χ1v) is 4.88. The number of nitrogens with zero attached hydrogens (tertiary/aromatic N) is 2. The molecule has 2 N–H and O–H groups in total. The van der Waals surface area contributed by atoms with Gasteiger partial charge in [-0.05, 0) is 30.1 Å². The van der Waals surface area contributed by atoms with E-state index in [0.717, 1.165) is 12.5 Å². The number of hydrogen-bond acceptors (Lipinski definition) is 5. The summed E-state index contributed by atoms with van der Waals surface area (Å²) in [5, 5.41) is 8.49. The molecule has 0 amide bonds. The zero-order chi connectivity index (χ0) is 8.39. The van der Waals surface area contributed by atoms with Crippen LogP contribution in [0.2, 0.25) is 0 Å². The van der Waals surface area contributed by atoms with Crippen molar-refractivity contribution in [3.63, 3.8) is 0 Å². The van der Waals surface area contributed by atoms with Gasteiger partial charge < -0.3 is 10.5 Å². The van der Waals surface area contributed by atoms with Crippen LogP contribution in [0.4, 0.5) is 5.13 Å². The molecule has 66 valence electrons. The van der Waals surface area contributed by atoms with Crippen molar-refractivity contribution >= 4 is 16.5 Å². The van der Waals surface area contributed by atoms with Crippen molar-refractivity contribution in [2.24, 2.45) is 5.92 Å². The molecule has 0 unspecified atom stereocenters. The number of rotatable bonds is 3. The van der Waals surface area contributed by atoms with E-state index in [4.69, 9.17) is 10.5 Å². The topological polar surface area (TPSA) is 61.0 Å². The largest absolute Gasteiger partial charge is 0.469 e. The Morgan fingerprint density at radius 1 is 1.50 bits per heavy atom. The Morgan fingerprint density at radius 3 is 2.83 bits per heavy atom. The zero-order valence-corrected chi connectivity index (χ0v) is 7.51. The van der Waals surface area contributed by atoms with Crippen molar-refractivity contribution in [2.75, 3.05) is 12.3 Å². The van der Waals surface area contributed by atoms with Gasteiger partial charge in [0.25, 0.3) is 5.19 Å². The minimum Gasteiger partial charge on any atom is -0.469 e. The standard InChI is InChI=1S/C7H11N3OS/c8-6-9-10-7(12-6)11-4-5-2-1-3-5/h5H,1-4H2,(H2,8,9). The van der Waals surface area contributed by atoms with Crippen molar-refractivity contribution in [1.29, 1.82) is 0 Å². The Morgan fingerprint density at radius 2 is 2.33 bits per heavy atom. The number of aromatic nitrogens is 2. The average molecular weight is 185 g/mol. The Balaban J connectivity index is 1.79. The van der Waals surface area contributed by atoms with Crippen molar-refractivity contribution in [3.8, 4) is 5.19 Å². The Kier molecular flexibility index (Phi) is 2.12. The van der Waals surface area contributed by atoms with Crippen molar-refractivity contribution < 1.29 is 4.74 Å². The molecule has 12 heavy (non-hydrogen) atoms. The molecule has 1 aromatic rings.